The second-order valence-corrected chi connectivity index (χ2v) is 7.05. The Bertz CT molecular complexity index is 1150. The van der Waals surface area contributed by atoms with Crippen LogP contribution >= 0.6 is 0 Å². The molecule has 3 aromatic rings. The molecule has 0 atom stereocenters. The monoisotopic (exact) mass is 398 g/mol. The maximum absolute atomic E-state index is 13.6. The molecule has 0 N–H and O–H groups in total. The standard InChI is InChI=1S/C25H22N2O3/c1-17-11-7-9-15-20(17)27-24(28)22(19-14-8-10-16-21(19)30-3)23(25(27)29)26(2)18-12-5-4-6-13-18/h4-16H,1-3H3. The zero-order valence-corrected chi connectivity index (χ0v) is 17.1. The van der Waals surface area contributed by atoms with Crippen LogP contribution < -0.4 is 14.5 Å². The number of aryl methyl sites for hydroxylation is 1. The fourth-order valence-corrected chi connectivity index (χ4v) is 3.74. The fourth-order valence-electron chi connectivity index (χ4n) is 3.74. The summed E-state index contributed by atoms with van der Waals surface area (Å²) in [5.74, 6) is -0.183. The number of hydrogen-bond acceptors (Lipinski definition) is 4. The van der Waals surface area contributed by atoms with Crippen molar-refractivity contribution in [1.29, 1.82) is 0 Å². The number of imide groups is 1. The third-order valence-electron chi connectivity index (χ3n) is 5.27. The van der Waals surface area contributed by atoms with Crippen molar-refractivity contribution in [2.75, 3.05) is 24.0 Å². The van der Waals surface area contributed by atoms with Crippen molar-refractivity contribution < 1.29 is 14.3 Å². The first-order valence-electron chi connectivity index (χ1n) is 9.65. The van der Waals surface area contributed by atoms with Crippen LogP contribution in [0.3, 0.4) is 0 Å². The lowest BCUT2D eigenvalue weighted by atomic mass is 10.0. The van der Waals surface area contributed by atoms with Crippen LogP contribution in [0.15, 0.2) is 84.6 Å². The van der Waals surface area contributed by atoms with E-state index < -0.39 is 0 Å². The molecule has 5 heteroatoms. The Kier molecular flexibility index (Phi) is 5.11. The van der Waals surface area contributed by atoms with Crippen LogP contribution in [0.5, 0.6) is 5.75 Å². The Morgan fingerprint density at radius 3 is 2.13 bits per heavy atom. The van der Waals surface area contributed by atoms with Crippen LogP contribution in [0.1, 0.15) is 11.1 Å². The van der Waals surface area contributed by atoms with Gasteiger partial charge in [0.1, 0.15) is 11.4 Å². The molecule has 1 aliphatic heterocycles. The summed E-state index contributed by atoms with van der Waals surface area (Å²) >= 11 is 0. The molecule has 0 radical (unpaired) electrons. The van der Waals surface area contributed by atoms with E-state index in [1.54, 1.807) is 37.3 Å². The van der Waals surface area contributed by atoms with Crippen LogP contribution in [0.4, 0.5) is 11.4 Å². The molecule has 2 amide bonds. The summed E-state index contributed by atoms with van der Waals surface area (Å²) in [5.41, 5.74) is 3.48. The normalized spacial score (nSPS) is 13.8. The van der Waals surface area contributed by atoms with Gasteiger partial charge in [-0.1, -0.05) is 54.6 Å². The molecule has 0 saturated carbocycles. The van der Waals surface area contributed by atoms with Gasteiger partial charge in [0.15, 0.2) is 0 Å². The predicted octanol–water partition coefficient (Wildman–Crippen LogP) is 4.42. The number of hydrogen-bond donors (Lipinski definition) is 0. The molecule has 5 nitrogen and oxygen atoms in total. The largest absolute Gasteiger partial charge is 0.496 e. The number of carbonyl (C=O) groups excluding carboxylic acids is 2. The number of carbonyl (C=O) groups is 2. The lowest BCUT2D eigenvalue weighted by molar-refractivity contribution is -0.120. The van der Waals surface area contributed by atoms with E-state index in [0.29, 0.717) is 28.3 Å². The van der Waals surface area contributed by atoms with Crippen molar-refractivity contribution in [3.8, 4) is 5.75 Å². The van der Waals surface area contributed by atoms with Gasteiger partial charge in [0, 0.05) is 18.3 Å². The summed E-state index contributed by atoms with van der Waals surface area (Å²) < 4.78 is 5.51. The van der Waals surface area contributed by atoms with E-state index in [2.05, 4.69) is 0 Å². The molecular formula is C25H22N2O3. The average molecular weight is 398 g/mol. The maximum atomic E-state index is 13.6. The van der Waals surface area contributed by atoms with Gasteiger partial charge in [-0.2, -0.15) is 0 Å². The summed E-state index contributed by atoms with van der Waals surface area (Å²) in [6, 6.07) is 24.2. The van der Waals surface area contributed by atoms with E-state index in [0.717, 1.165) is 11.3 Å². The van der Waals surface area contributed by atoms with Crippen LogP contribution in [0.25, 0.3) is 5.57 Å². The topological polar surface area (TPSA) is 49.9 Å². The minimum atomic E-state index is -0.364. The smallest absolute Gasteiger partial charge is 0.282 e. The van der Waals surface area contributed by atoms with Gasteiger partial charge < -0.3 is 9.64 Å². The molecule has 0 unspecified atom stereocenters. The van der Waals surface area contributed by atoms with Gasteiger partial charge in [-0.25, -0.2) is 4.90 Å². The Morgan fingerprint density at radius 2 is 1.43 bits per heavy atom. The maximum Gasteiger partial charge on any atom is 0.282 e. The van der Waals surface area contributed by atoms with E-state index in [1.165, 1.54) is 4.90 Å². The highest BCUT2D eigenvalue weighted by Crippen LogP contribution is 2.39. The number of ether oxygens (including phenoxy) is 1. The number of nitrogens with zero attached hydrogens (tertiary/aromatic N) is 2. The summed E-state index contributed by atoms with van der Waals surface area (Å²) in [6.45, 7) is 1.89. The molecule has 1 heterocycles. The van der Waals surface area contributed by atoms with Crippen LogP contribution in [-0.2, 0) is 9.59 Å². The van der Waals surface area contributed by atoms with E-state index in [1.807, 2.05) is 67.6 Å². The molecule has 30 heavy (non-hydrogen) atoms. The van der Waals surface area contributed by atoms with Crippen molar-refractivity contribution in [3.63, 3.8) is 0 Å². The van der Waals surface area contributed by atoms with E-state index in [9.17, 15) is 9.59 Å². The molecule has 0 aromatic heterocycles. The molecule has 4 rings (SSSR count). The van der Waals surface area contributed by atoms with Crippen LogP contribution in [0.2, 0.25) is 0 Å². The molecule has 150 valence electrons. The number of amides is 2. The molecule has 0 bridgehead atoms. The average Bonchev–Trinajstić information content (AvgIpc) is 3.04. The van der Waals surface area contributed by atoms with Gasteiger partial charge >= 0.3 is 0 Å². The molecule has 3 aromatic carbocycles. The highest BCUT2D eigenvalue weighted by atomic mass is 16.5. The Labute approximate surface area is 175 Å². The second-order valence-electron chi connectivity index (χ2n) is 7.05. The first-order valence-corrected chi connectivity index (χ1v) is 9.65. The van der Waals surface area contributed by atoms with Gasteiger partial charge in [0.25, 0.3) is 11.8 Å². The third-order valence-corrected chi connectivity index (χ3v) is 5.27. The quantitative estimate of drug-likeness (QED) is 0.597. The zero-order chi connectivity index (χ0) is 21.3. The Hall–Kier alpha value is -3.86. The number of benzene rings is 3. The fraction of sp³-hybridized carbons (Fsp3) is 0.120. The summed E-state index contributed by atoms with van der Waals surface area (Å²) in [7, 11) is 3.35. The molecular weight excluding hydrogens is 376 g/mol. The van der Waals surface area contributed by atoms with Gasteiger partial charge in [0.2, 0.25) is 0 Å². The minimum Gasteiger partial charge on any atom is -0.496 e. The van der Waals surface area contributed by atoms with E-state index in [-0.39, 0.29) is 11.8 Å². The Balaban J connectivity index is 1.94. The first-order chi connectivity index (χ1) is 14.5. The summed E-state index contributed by atoms with van der Waals surface area (Å²) in [6.07, 6.45) is 0. The van der Waals surface area contributed by atoms with Crippen molar-refractivity contribution in [2.45, 2.75) is 6.92 Å². The highest BCUT2D eigenvalue weighted by Gasteiger charge is 2.43. The predicted molar refractivity (Wildman–Crippen MR) is 118 cm³/mol. The summed E-state index contributed by atoms with van der Waals surface area (Å²) in [5, 5.41) is 0. The van der Waals surface area contributed by atoms with Crippen molar-refractivity contribution in [3.05, 3.63) is 95.7 Å². The van der Waals surface area contributed by atoms with Gasteiger partial charge in [0.05, 0.1) is 18.4 Å². The van der Waals surface area contributed by atoms with Gasteiger partial charge in [-0.15, -0.1) is 0 Å². The van der Waals surface area contributed by atoms with Gasteiger partial charge in [-0.3, -0.25) is 9.59 Å². The molecule has 1 aliphatic rings. The number of likely N-dealkylation sites (N-methyl/N-ethyl adjacent to an activating group) is 1. The Morgan fingerprint density at radius 1 is 0.800 bits per heavy atom. The first kappa shape index (κ1) is 19.5. The third kappa shape index (κ3) is 3.14. The lowest BCUT2D eigenvalue weighted by Gasteiger charge is -2.22. The number of methoxy groups -OCH3 is 1. The van der Waals surface area contributed by atoms with E-state index >= 15 is 0 Å². The highest BCUT2D eigenvalue weighted by molar-refractivity contribution is 6.46. The number of para-hydroxylation sites is 3. The number of anilines is 2. The lowest BCUT2D eigenvalue weighted by Crippen LogP contribution is -2.34. The summed E-state index contributed by atoms with van der Waals surface area (Å²) in [4.78, 5) is 30.3. The van der Waals surface area contributed by atoms with Crippen molar-refractivity contribution in [1.82, 2.24) is 0 Å². The van der Waals surface area contributed by atoms with Crippen LogP contribution in [0, 0.1) is 6.92 Å². The zero-order valence-electron chi connectivity index (χ0n) is 17.1. The SMILES string of the molecule is COc1ccccc1C1=C(N(C)c2ccccc2)C(=O)N(c2ccccc2C)C1=O. The second kappa shape index (κ2) is 7.87. The molecule has 0 aliphatic carbocycles. The van der Waals surface area contributed by atoms with Crippen LogP contribution in [-0.4, -0.2) is 26.0 Å². The molecule has 0 saturated heterocycles. The van der Waals surface area contributed by atoms with E-state index in [4.69, 9.17) is 4.74 Å². The van der Waals surface area contributed by atoms with Gasteiger partial charge in [-0.05, 0) is 36.8 Å². The van der Waals surface area contributed by atoms with Crippen molar-refractivity contribution in [2.24, 2.45) is 0 Å². The molecule has 0 spiro atoms. The number of rotatable bonds is 5. The minimum absolute atomic E-state index is 0.318. The molecule has 0 fully saturated rings. The van der Waals surface area contributed by atoms with Crippen molar-refractivity contribution >= 4 is 28.8 Å².